The van der Waals surface area contributed by atoms with Gasteiger partial charge in [-0.2, -0.15) is 0 Å². The van der Waals surface area contributed by atoms with Crippen molar-refractivity contribution in [2.75, 3.05) is 14.2 Å². The Bertz CT molecular complexity index is 348. The van der Waals surface area contributed by atoms with Gasteiger partial charge in [-0.05, 0) is 35.0 Å². The van der Waals surface area contributed by atoms with E-state index in [9.17, 15) is 0 Å². The Kier molecular flexibility index (Phi) is 4.94. The summed E-state index contributed by atoms with van der Waals surface area (Å²) >= 11 is 3.43. The lowest BCUT2D eigenvalue weighted by Crippen LogP contribution is -2.22. The van der Waals surface area contributed by atoms with Crippen LogP contribution in [0.4, 0.5) is 5.69 Å². The predicted octanol–water partition coefficient (Wildman–Crippen LogP) is 3.16. The molecule has 0 fully saturated rings. The van der Waals surface area contributed by atoms with E-state index in [1.165, 1.54) is 0 Å². The van der Waals surface area contributed by atoms with Gasteiger partial charge >= 0.3 is 0 Å². The van der Waals surface area contributed by atoms with E-state index >= 15 is 0 Å². The zero-order valence-electron chi connectivity index (χ0n) is 9.03. The fourth-order valence-electron chi connectivity index (χ4n) is 1.22. The highest BCUT2D eigenvalue weighted by Gasteiger charge is 2.09. The quantitative estimate of drug-likeness (QED) is 0.622. The van der Waals surface area contributed by atoms with Crippen LogP contribution >= 0.6 is 15.9 Å². The Balaban J connectivity index is 2.91. The minimum atomic E-state index is -0.392. The number of rotatable bonds is 4. The molecule has 0 heterocycles. The standard InChI is InChI=1S/C11H14BrNO2/c1-8(11(14-2)15-3)13-10-7-5-4-6-9(10)12/h4-7,11H,1-3H3. The van der Waals surface area contributed by atoms with Gasteiger partial charge in [0.15, 0.2) is 6.29 Å². The normalized spacial score (nSPS) is 12.2. The molecular weight excluding hydrogens is 258 g/mol. The van der Waals surface area contributed by atoms with Crippen LogP contribution < -0.4 is 0 Å². The van der Waals surface area contributed by atoms with Gasteiger partial charge in [-0.3, -0.25) is 4.99 Å². The summed E-state index contributed by atoms with van der Waals surface area (Å²) in [4.78, 5) is 4.42. The lowest BCUT2D eigenvalue weighted by atomic mass is 10.3. The van der Waals surface area contributed by atoms with E-state index in [4.69, 9.17) is 9.47 Å². The highest BCUT2D eigenvalue weighted by molar-refractivity contribution is 9.10. The van der Waals surface area contributed by atoms with Crippen molar-refractivity contribution in [1.29, 1.82) is 0 Å². The molecule has 4 heteroatoms. The van der Waals surface area contributed by atoms with Gasteiger partial charge in [0.25, 0.3) is 0 Å². The third-order valence-electron chi connectivity index (χ3n) is 1.92. The Labute approximate surface area is 98.2 Å². The molecule has 0 unspecified atom stereocenters. The highest BCUT2D eigenvalue weighted by Crippen LogP contribution is 2.24. The number of hydrogen-bond acceptors (Lipinski definition) is 3. The molecule has 0 atom stereocenters. The lowest BCUT2D eigenvalue weighted by molar-refractivity contribution is -0.0522. The van der Waals surface area contributed by atoms with E-state index in [2.05, 4.69) is 20.9 Å². The first-order valence-electron chi connectivity index (χ1n) is 4.54. The summed E-state index contributed by atoms with van der Waals surface area (Å²) in [7, 11) is 3.18. The van der Waals surface area contributed by atoms with Crippen LogP contribution in [0.1, 0.15) is 6.92 Å². The molecular formula is C11H14BrNO2. The average molecular weight is 272 g/mol. The van der Waals surface area contributed by atoms with Gasteiger partial charge in [0, 0.05) is 18.7 Å². The molecule has 0 aromatic heterocycles. The average Bonchev–Trinajstić information content (AvgIpc) is 2.23. The fraction of sp³-hybridized carbons (Fsp3) is 0.364. The Morgan fingerprint density at radius 2 is 1.87 bits per heavy atom. The van der Waals surface area contributed by atoms with E-state index in [0.717, 1.165) is 15.9 Å². The maximum atomic E-state index is 5.11. The molecule has 15 heavy (non-hydrogen) atoms. The molecule has 3 nitrogen and oxygen atoms in total. The maximum absolute atomic E-state index is 5.11. The SMILES string of the molecule is COC(OC)C(C)=Nc1ccccc1Br. The van der Waals surface area contributed by atoms with Crippen molar-refractivity contribution in [1.82, 2.24) is 0 Å². The summed E-state index contributed by atoms with van der Waals surface area (Å²) in [5, 5.41) is 0. The van der Waals surface area contributed by atoms with Crippen molar-refractivity contribution >= 4 is 27.3 Å². The van der Waals surface area contributed by atoms with Crippen LogP contribution in [0, 0.1) is 0 Å². The van der Waals surface area contributed by atoms with E-state index in [-0.39, 0.29) is 0 Å². The first-order chi connectivity index (χ1) is 7.19. The van der Waals surface area contributed by atoms with Crippen LogP contribution in [0.2, 0.25) is 0 Å². The van der Waals surface area contributed by atoms with Gasteiger partial charge in [-0.25, -0.2) is 0 Å². The van der Waals surface area contributed by atoms with Crippen molar-refractivity contribution in [2.24, 2.45) is 4.99 Å². The topological polar surface area (TPSA) is 30.8 Å². The van der Waals surface area contributed by atoms with Gasteiger partial charge in [-0.1, -0.05) is 12.1 Å². The molecule has 1 rings (SSSR count). The number of nitrogens with zero attached hydrogens (tertiary/aromatic N) is 1. The molecule has 0 saturated carbocycles. The summed E-state index contributed by atoms with van der Waals surface area (Å²) in [6, 6.07) is 7.75. The van der Waals surface area contributed by atoms with Gasteiger partial charge in [0.2, 0.25) is 0 Å². The first kappa shape index (κ1) is 12.4. The number of methoxy groups -OCH3 is 2. The summed E-state index contributed by atoms with van der Waals surface area (Å²) in [5.41, 5.74) is 1.65. The summed E-state index contributed by atoms with van der Waals surface area (Å²) in [6.45, 7) is 1.87. The van der Waals surface area contributed by atoms with Crippen LogP contribution in [0.15, 0.2) is 33.7 Å². The number of hydrogen-bond donors (Lipinski definition) is 0. The van der Waals surface area contributed by atoms with Crippen LogP contribution in [-0.2, 0) is 9.47 Å². The first-order valence-corrected chi connectivity index (χ1v) is 5.33. The molecule has 0 amide bonds. The molecule has 0 radical (unpaired) electrons. The van der Waals surface area contributed by atoms with Crippen molar-refractivity contribution in [3.05, 3.63) is 28.7 Å². The molecule has 0 saturated heterocycles. The third-order valence-corrected chi connectivity index (χ3v) is 2.59. The van der Waals surface area contributed by atoms with Crippen LogP contribution in [-0.4, -0.2) is 26.2 Å². The molecule has 1 aromatic carbocycles. The Morgan fingerprint density at radius 1 is 1.27 bits per heavy atom. The molecule has 0 bridgehead atoms. The molecule has 1 aromatic rings. The monoisotopic (exact) mass is 271 g/mol. The molecule has 0 N–H and O–H groups in total. The van der Waals surface area contributed by atoms with Crippen molar-refractivity contribution in [2.45, 2.75) is 13.2 Å². The minimum absolute atomic E-state index is 0.392. The van der Waals surface area contributed by atoms with Gasteiger partial charge in [-0.15, -0.1) is 0 Å². The number of aliphatic imine (C=N–C) groups is 1. The van der Waals surface area contributed by atoms with Gasteiger partial charge in [0.05, 0.1) is 11.4 Å². The molecule has 0 aliphatic rings. The number of para-hydroxylation sites is 1. The van der Waals surface area contributed by atoms with Crippen LogP contribution in [0.5, 0.6) is 0 Å². The minimum Gasteiger partial charge on any atom is -0.351 e. The predicted molar refractivity (Wildman–Crippen MR) is 64.7 cm³/mol. The van der Waals surface area contributed by atoms with Crippen molar-refractivity contribution in [3.63, 3.8) is 0 Å². The van der Waals surface area contributed by atoms with Crippen LogP contribution in [0.25, 0.3) is 0 Å². The largest absolute Gasteiger partial charge is 0.351 e. The Hall–Kier alpha value is -0.710. The van der Waals surface area contributed by atoms with Crippen molar-refractivity contribution < 1.29 is 9.47 Å². The summed E-state index contributed by atoms with van der Waals surface area (Å²) in [5.74, 6) is 0. The third kappa shape index (κ3) is 3.41. The zero-order valence-corrected chi connectivity index (χ0v) is 10.6. The van der Waals surface area contributed by atoms with E-state index < -0.39 is 6.29 Å². The number of ether oxygens (including phenoxy) is 2. The maximum Gasteiger partial charge on any atom is 0.196 e. The summed E-state index contributed by atoms with van der Waals surface area (Å²) < 4.78 is 11.2. The number of halogens is 1. The highest BCUT2D eigenvalue weighted by atomic mass is 79.9. The van der Waals surface area contributed by atoms with E-state index in [1.807, 2.05) is 31.2 Å². The summed E-state index contributed by atoms with van der Waals surface area (Å²) in [6.07, 6.45) is -0.392. The second kappa shape index (κ2) is 6.00. The Morgan fingerprint density at radius 3 is 2.40 bits per heavy atom. The lowest BCUT2D eigenvalue weighted by Gasteiger charge is -2.12. The molecule has 82 valence electrons. The van der Waals surface area contributed by atoms with Crippen molar-refractivity contribution in [3.8, 4) is 0 Å². The van der Waals surface area contributed by atoms with Gasteiger partial charge < -0.3 is 9.47 Å². The molecule has 0 aliphatic heterocycles. The second-order valence-corrected chi connectivity index (χ2v) is 3.86. The molecule has 0 aliphatic carbocycles. The van der Waals surface area contributed by atoms with Gasteiger partial charge in [0.1, 0.15) is 0 Å². The zero-order chi connectivity index (χ0) is 11.3. The second-order valence-electron chi connectivity index (χ2n) is 3.01. The van der Waals surface area contributed by atoms with E-state index in [0.29, 0.717) is 0 Å². The smallest absolute Gasteiger partial charge is 0.196 e. The number of benzene rings is 1. The van der Waals surface area contributed by atoms with Crippen LogP contribution in [0.3, 0.4) is 0 Å². The van der Waals surface area contributed by atoms with E-state index in [1.54, 1.807) is 14.2 Å². The molecule has 0 spiro atoms. The fourth-order valence-corrected chi connectivity index (χ4v) is 1.60.